The van der Waals surface area contributed by atoms with Crippen LogP contribution in [0, 0.1) is 18.3 Å². The van der Waals surface area contributed by atoms with Crippen LogP contribution in [0.15, 0.2) is 42.5 Å². The highest BCUT2D eigenvalue weighted by Crippen LogP contribution is 2.49. The Hall–Kier alpha value is -3.13. The van der Waals surface area contributed by atoms with E-state index in [4.69, 9.17) is 15.9 Å². The molecule has 5 heteroatoms. The average Bonchev–Trinajstić information content (AvgIpc) is 3.45. The van der Waals surface area contributed by atoms with Gasteiger partial charge < -0.3 is 19.5 Å². The molecule has 0 aromatic heterocycles. The normalized spacial score (nSPS) is 17.7. The van der Waals surface area contributed by atoms with Crippen LogP contribution in [0.5, 0.6) is 11.5 Å². The quantitative estimate of drug-likeness (QED) is 0.724. The molecule has 0 saturated heterocycles. The first-order chi connectivity index (χ1) is 13.0. The van der Waals surface area contributed by atoms with E-state index in [0.29, 0.717) is 28.9 Å². The molecule has 0 bridgehead atoms. The molecule has 3 rings (SSSR count). The topological polar surface area (TPSA) is 59.0 Å². The van der Waals surface area contributed by atoms with E-state index in [0.717, 1.165) is 18.7 Å². The third-order valence-electron chi connectivity index (χ3n) is 4.90. The van der Waals surface area contributed by atoms with Crippen LogP contribution < -0.4 is 14.4 Å². The van der Waals surface area contributed by atoms with Gasteiger partial charge in [0, 0.05) is 13.6 Å². The number of benzene rings is 2. The Morgan fingerprint density at radius 3 is 2.78 bits per heavy atom. The van der Waals surface area contributed by atoms with E-state index in [1.807, 2.05) is 36.2 Å². The number of aromatic carboxylic acids is 1. The highest BCUT2D eigenvalue weighted by atomic mass is 16.5. The molecule has 0 amide bonds. The van der Waals surface area contributed by atoms with Gasteiger partial charge in [0.25, 0.3) is 0 Å². The fraction of sp³-hybridized carbons (Fsp3) is 0.318. The molecule has 0 radical (unpaired) electrons. The molecule has 140 valence electrons. The molecule has 1 fully saturated rings. The third kappa shape index (κ3) is 4.17. The second kappa shape index (κ2) is 8.05. The first kappa shape index (κ1) is 18.7. The third-order valence-corrected chi connectivity index (χ3v) is 4.90. The lowest BCUT2D eigenvalue weighted by atomic mass is 10.1. The molecule has 2 unspecified atom stereocenters. The summed E-state index contributed by atoms with van der Waals surface area (Å²) in [4.78, 5) is 13.5. The molecule has 0 spiro atoms. The Kier molecular flexibility index (Phi) is 5.56. The summed E-state index contributed by atoms with van der Waals surface area (Å²) in [5.74, 6) is 3.76. The van der Waals surface area contributed by atoms with E-state index in [1.54, 1.807) is 19.2 Å². The van der Waals surface area contributed by atoms with E-state index >= 15 is 0 Å². The van der Waals surface area contributed by atoms with Gasteiger partial charge in [0.2, 0.25) is 0 Å². The molecule has 1 N–H and O–H groups in total. The van der Waals surface area contributed by atoms with Crippen LogP contribution in [0.1, 0.15) is 28.3 Å². The van der Waals surface area contributed by atoms with Gasteiger partial charge in [-0.15, -0.1) is 6.42 Å². The minimum absolute atomic E-state index is 0.197. The molecule has 0 heterocycles. The lowest BCUT2D eigenvalue weighted by Gasteiger charge is -2.21. The summed E-state index contributed by atoms with van der Waals surface area (Å²) in [6.07, 6.45) is 6.34. The molecular weight excluding hydrogens is 342 g/mol. The maximum atomic E-state index is 11.4. The number of carboxylic acids is 1. The van der Waals surface area contributed by atoms with Gasteiger partial charge in [0.1, 0.15) is 6.61 Å². The van der Waals surface area contributed by atoms with Crippen molar-refractivity contribution < 1.29 is 19.4 Å². The van der Waals surface area contributed by atoms with Crippen LogP contribution in [0.2, 0.25) is 0 Å². The lowest BCUT2D eigenvalue weighted by molar-refractivity contribution is 0.0697. The standard InChI is InChI=1S/C22H23NO4/c1-4-11-27-21-13-15(9-10-20(21)26-3)18-12-16(18)14-23(2)19-8-6-5-7-17(19)22(24)25/h1,5-10,13,16,18H,11-12,14H2,2-3H3,(H,24,25). The van der Waals surface area contributed by atoms with E-state index in [9.17, 15) is 9.90 Å². The Morgan fingerprint density at radius 1 is 1.30 bits per heavy atom. The number of rotatable bonds is 8. The maximum Gasteiger partial charge on any atom is 0.337 e. The van der Waals surface area contributed by atoms with Crippen LogP contribution in [-0.2, 0) is 0 Å². The van der Waals surface area contributed by atoms with Gasteiger partial charge in [-0.1, -0.05) is 24.1 Å². The second-order valence-electron chi connectivity index (χ2n) is 6.71. The van der Waals surface area contributed by atoms with Gasteiger partial charge in [-0.3, -0.25) is 0 Å². The van der Waals surface area contributed by atoms with Crippen molar-refractivity contribution in [1.29, 1.82) is 0 Å². The minimum Gasteiger partial charge on any atom is -0.493 e. The fourth-order valence-corrected chi connectivity index (χ4v) is 3.45. The van der Waals surface area contributed by atoms with Crippen molar-refractivity contribution in [3.8, 4) is 23.8 Å². The zero-order valence-electron chi connectivity index (χ0n) is 15.5. The molecule has 2 atom stereocenters. The van der Waals surface area contributed by atoms with Crippen molar-refractivity contribution >= 4 is 11.7 Å². The van der Waals surface area contributed by atoms with Crippen molar-refractivity contribution in [3.05, 3.63) is 53.6 Å². The van der Waals surface area contributed by atoms with Gasteiger partial charge >= 0.3 is 5.97 Å². The molecule has 2 aromatic carbocycles. The largest absolute Gasteiger partial charge is 0.493 e. The van der Waals surface area contributed by atoms with Crippen molar-refractivity contribution in [2.75, 3.05) is 32.2 Å². The van der Waals surface area contributed by atoms with Crippen molar-refractivity contribution in [3.63, 3.8) is 0 Å². The van der Waals surface area contributed by atoms with Crippen molar-refractivity contribution in [2.24, 2.45) is 5.92 Å². The van der Waals surface area contributed by atoms with Crippen LogP contribution >= 0.6 is 0 Å². The Morgan fingerprint density at radius 2 is 2.07 bits per heavy atom. The van der Waals surface area contributed by atoms with Gasteiger partial charge in [-0.2, -0.15) is 0 Å². The summed E-state index contributed by atoms with van der Waals surface area (Å²) in [5.41, 5.74) is 2.25. The molecule has 5 nitrogen and oxygen atoms in total. The van der Waals surface area contributed by atoms with Gasteiger partial charge in [0.15, 0.2) is 11.5 Å². The second-order valence-corrected chi connectivity index (χ2v) is 6.71. The molecule has 27 heavy (non-hydrogen) atoms. The first-order valence-corrected chi connectivity index (χ1v) is 8.82. The Balaban J connectivity index is 1.70. The maximum absolute atomic E-state index is 11.4. The van der Waals surface area contributed by atoms with Crippen LogP contribution in [-0.4, -0.2) is 38.4 Å². The number of carboxylic acid groups (broad SMARTS) is 1. The smallest absolute Gasteiger partial charge is 0.337 e. The van der Waals surface area contributed by atoms with Crippen molar-refractivity contribution in [1.82, 2.24) is 0 Å². The first-order valence-electron chi connectivity index (χ1n) is 8.82. The van der Waals surface area contributed by atoms with E-state index in [-0.39, 0.29) is 6.61 Å². The average molecular weight is 365 g/mol. The fourth-order valence-electron chi connectivity index (χ4n) is 3.45. The molecular formula is C22H23NO4. The number of carbonyl (C=O) groups is 1. The number of anilines is 1. The van der Waals surface area contributed by atoms with E-state index in [2.05, 4.69) is 12.0 Å². The van der Waals surface area contributed by atoms with Gasteiger partial charge in [0.05, 0.1) is 18.4 Å². The van der Waals surface area contributed by atoms with Crippen molar-refractivity contribution in [2.45, 2.75) is 12.3 Å². The zero-order valence-corrected chi connectivity index (χ0v) is 15.5. The lowest BCUT2D eigenvalue weighted by Crippen LogP contribution is -2.22. The van der Waals surface area contributed by atoms with Gasteiger partial charge in [-0.05, 0) is 48.1 Å². The Bertz CT molecular complexity index is 871. The molecule has 1 aliphatic rings. The number of hydrogen-bond donors (Lipinski definition) is 1. The summed E-state index contributed by atoms with van der Waals surface area (Å²) < 4.78 is 10.9. The molecule has 1 aliphatic carbocycles. The summed E-state index contributed by atoms with van der Waals surface area (Å²) in [7, 11) is 3.54. The van der Waals surface area contributed by atoms with Gasteiger partial charge in [-0.25, -0.2) is 4.79 Å². The number of para-hydroxylation sites is 1. The van der Waals surface area contributed by atoms with E-state index in [1.165, 1.54) is 5.56 Å². The highest BCUT2D eigenvalue weighted by Gasteiger charge is 2.39. The summed E-state index contributed by atoms with van der Waals surface area (Å²) in [5, 5.41) is 9.38. The predicted octanol–water partition coefficient (Wildman–Crippen LogP) is 3.65. The number of ether oxygens (including phenoxy) is 2. The molecule has 0 aliphatic heterocycles. The summed E-state index contributed by atoms with van der Waals surface area (Å²) >= 11 is 0. The number of methoxy groups -OCH3 is 1. The number of terminal acetylenes is 1. The zero-order chi connectivity index (χ0) is 19.4. The van der Waals surface area contributed by atoms with Crippen LogP contribution in [0.4, 0.5) is 5.69 Å². The highest BCUT2D eigenvalue weighted by molar-refractivity contribution is 5.94. The molecule has 2 aromatic rings. The number of nitrogens with zero attached hydrogens (tertiary/aromatic N) is 1. The minimum atomic E-state index is -0.907. The predicted molar refractivity (Wildman–Crippen MR) is 105 cm³/mol. The summed E-state index contributed by atoms with van der Waals surface area (Å²) in [6, 6.07) is 13.0. The van der Waals surface area contributed by atoms with Crippen LogP contribution in [0.25, 0.3) is 0 Å². The Labute approximate surface area is 159 Å². The summed E-state index contributed by atoms with van der Waals surface area (Å²) in [6.45, 7) is 0.990. The van der Waals surface area contributed by atoms with E-state index < -0.39 is 5.97 Å². The number of hydrogen-bond acceptors (Lipinski definition) is 4. The monoisotopic (exact) mass is 365 g/mol. The van der Waals surface area contributed by atoms with Crippen LogP contribution in [0.3, 0.4) is 0 Å². The SMILES string of the molecule is C#CCOc1cc(C2CC2CN(C)c2ccccc2C(=O)O)ccc1OC. The molecule has 1 saturated carbocycles.